The lowest BCUT2D eigenvalue weighted by atomic mass is 10.2. The molecule has 0 radical (unpaired) electrons. The highest BCUT2D eigenvalue weighted by Crippen LogP contribution is 2.13. The zero-order chi connectivity index (χ0) is 11.3. The topological polar surface area (TPSA) is 39.9 Å². The highest BCUT2D eigenvalue weighted by Gasteiger charge is 2.06. The van der Waals surface area contributed by atoms with Crippen LogP contribution in [0.15, 0.2) is 12.1 Å². The van der Waals surface area contributed by atoms with Gasteiger partial charge in [0, 0.05) is 12.2 Å². The summed E-state index contributed by atoms with van der Waals surface area (Å²) in [6.45, 7) is 5.17. The third-order valence-electron chi connectivity index (χ3n) is 2.06. The van der Waals surface area contributed by atoms with Gasteiger partial charge in [-0.2, -0.15) is 5.26 Å². The van der Waals surface area contributed by atoms with E-state index in [1.165, 1.54) is 0 Å². The average Bonchev–Trinajstić information content (AvgIpc) is 2.24. The van der Waals surface area contributed by atoms with Crippen LogP contribution in [0, 0.1) is 30.6 Å². The fourth-order valence-electron chi connectivity index (χ4n) is 1.34. The summed E-state index contributed by atoms with van der Waals surface area (Å²) in [4.78, 5) is 6.30. The van der Waals surface area contributed by atoms with Gasteiger partial charge < -0.3 is 4.90 Å². The van der Waals surface area contributed by atoms with E-state index in [0.29, 0.717) is 12.1 Å². The van der Waals surface area contributed by atoms with Crippen molar-refractivity contribution in [3.8, 4) is 18.4 Å². The molecule has 0 aliphatic rings. The van der Waals surface area contributed by atoms with Gasteiger partial charge in [-0.1, -0.05) is 5.92 Å². The number of aromatic nitrogens is 1. The van der Waals surface area contributed by atoms with E-state index >= 15 is 0 Å². The van der Waals surface area contributed by atoms with Gasteiger partial charge in [-0.25, -0.2) is 4.98 Å². The molecule has 3 heteroatoms. The van der Waals surface area contributed by atoms with Crippen molar-refractivity contribution in [2.24, 2.45) is 0 Å². The van der Waals surface area contributed by atoms with Crippen LogP contribution < -0.4 is 4.90 Å². The van der Waals surface area contributed by atoms with Crippen molar-refractivity contribution in [2.45, 2.75) is 13.8 Å². The minimum atomic E-state index is 0.512. The number of anilines is 1. The molecule has 0 unspecified atom stereocenters. The van der Waals surface area contributed by atoms with Gasteiger partial charge in [-0.3, -0.25) is 0 Å². The molecule has 1 aromatic rings. The fraction of sp³-hybridized carbons (Fsp3) is 0.333. The van der Waals surface area contributed by atoms with Crippen molar-refractivity contribution in [1.29, 1.82) is 5.26 Å². The van der Waals surface area contributed by atoms with Crippen molar-refractivity contribution in [2.75, 3.05) is 18.0 Å². The molecule has 0 aliphatic heterocycles. The van der Waals surface area contributed by atoms with Crippen LogP contribution >= 0.6 is 0 Å². The lowest BCUT2D eigenvalue weighted by Gasteiger charge is -2.19. The van der Waals surface area contributed by atoms with E-state index in [1.807, 2.05) is 18.7 Å². The van der Waals surface area contributed by atoms with Gasteiger partial charge >= 0.3 is 0 Å². The Hall–Kier alpha value is -2.00. The van der Waals surface area contributed by atoms with Crippen molar-refractivity contribution in [3.05, 3.63) is 23.4 Å². The molecule has 1 rings (SSSR count). The summed E-state index contributed by atoms with van der Waals surface area (Å²) in [5.41, 5.74) is 1.45. The first-order valence-corrected chi connectivity index (χ1v) is 4.78. The normalized spacial score (nSPS) is 9.07. The molecule has 0 amide bonds. The highest BCUT2D eigenvalue weighted by molar-refractivity contribution is 5.47. The largest absolute Gasteiger partial charge is 0.346 e. The van der Waals surface area contributed by atoms with E-state index in [2.05, 4.69) is 17.0 Å². The molecule has 0 bridgehead atoms. The predicted molar refractivity (Wildman–Crippen MR) is 60.4 cm³/mol. The summed E-state index contributed by atoms with van der Waals surface area (Å²) < 4.78 is 0. The van der Waals surface area contributed by atoms with E-state index < -0.39 is 0 Å². The van der Waals surface area contributed by atoms with E-state index in [0.717, 1.165) is 18.1 Å². The minimum absolute atomic E-state index is 0.512. The standard InChI is InChI=1S/C12H13N3/c1-4-6-15(5-2)12-8-11(9-13)7-10(3)14-12/h1,7-8H,5-6H2,2-3H3. The minimum Gasteiger partial charge on any atom is -0.346 e. The van der Waals surface area contributed by atoms with Gasteiger partial charge in [0.15, 0.2) is 0 Å². The lowest BCUT2D eigenvalue weighted by Crippen LogP contribution is -2.24. The Balaban J connectivity index is 3.08. The second kappa shape index (κ2) is 5.02. The first kappa shape index (κ1) is 11.1. The van der Waals surface area contributed by atoms with Crippen LogP contribution in [-0.2, 0) is 0 Å². The molecule has 0 N–H and O–H groups in total. The number of nitriles is 1. The molecular weight excluding hydrogens is 186 g/mol. The number of aryl methyl sites for hydroxylation is 1. The van der Waals surface area contributed by atoms with E-state index in [1.54, 1.807) is 12.1 Å². The van der Waals surface area contributed by atoms with E-state index in [9.17, 15) is 0 Å². The van der Waals surface area contributed by atoms with Crippen LogP contribution in [0.4, 0.5) is 5.82 Å². The van der Waals surface area contributed by atoms with Gasteiger partial charge in [0.2, 0.25) is 0 Å². The Morgan fingerprint density at radius 1 is 1.53 bits per heavy atom. The molecule has 0 aliphatic carbocycles. The van der Waals surface area contributed by atoms with Crippen molar-refractivity contribution in [1.82, 2.24) is 4.98 Å². The summed E-state index contributed by atoms with van der Waals surface area (Å²) in [5.74, 6) is 3.35. The Labute approximate surface area is 90.4 Å². The van der Waals surface area contributed by atoms with Gasteiger partial charge in [0.25, 0.3) is 0 Å². The van der Waals surface area contributed by atoms with Gasteiger partial charge in [0.1, 0.15) is 5.82 Å². The second-order valence-corrected chi connectivity index (χ2v) is 3.19. The second-order valence-electron chi connectivity index (χ2n) is 3.19. The van der Waals surface area contributed by atoms with Crippen LogP contribution in [0.25, 0.3) is 0 Å². The summed E-state index contributed by atoms with van der Waals surface area (Å²) in [7, 11) is 0. The Bertz CT molecular complexity index is 423. The maximum absolute atomic E-state index is 8.83. The number of terminal acetylenes is 1. The zero-order valence-electron chi connectivity index (χ0n) is 8.99. The molecule has 15 heavy (non-hydrogen) atoms. The van der Waals surface area contributed by atoms with Crippen molar-refractivity contribution < 1.29 is 0 Å². The Morgan fingerprint density at radius 2 is 2.27 bits per heavy atom. The van der Waals surface area contributed by atoms with Crippen LogP contribution in [0.5, 0.6) is 0 Å². The van der Waals surface area contributed by atoms with Crippen molar-refractivity contribution in [3.63, 3.8) is 0 Å². The number of pyridine rings is 1. The zero-order valence-corrected chi connectivity index (χ0v) is 8.99. The summed E-state index contributed by atoms with van der Waals surface area (Å²) >= 11 is 0. The molecular formula is C12H13N3. The molecule has 0 aromatic carbocycles. The Kier molecular flexibility index (Phi) is 3.71. The monoisotopic (exact) mass is 199 g/mol. The first-order valence-electron chi connectivity index (χ1n) is 4.78. The van der Waals surface area contributed by atoms with E-state index in [-0.39, 0.29) is 0 Å². The van der Waals surface area contributed by atoms with E-state index in [4.69, 9.17) is 11.7 Å². The summed E-state index contributed by atoms with van der Waals surface area (Å²) in [5, 5.41) is 8.83. The quantitative estimate of drug-likeness (QED) is 0.696. The van der Waals surface area contributed by atoms with Crippen LogP contribution in [0.2, 0.25) is 0 Å². The molecule has 1 heterocycles. The molecule has 76 valence electrons. The third-order valence-corrected chi connectivity index (χ3v) is 2.06. The summed E-state index contributed by atoms with van der Waals surface area (Å²) in [6, 6.07) is 5.63. The molecule has 0 fully saturated rings. The molecule has 3 nitrogen and oxygen atoms in total. The lowest BCUT2D eigenvalue weighted by molar-refractivity contribution is 0.887. The molecule has 1 aromatic heterocycles. The molecule has 0 atom stereocenters. The number of nitrogens with zero attached hydrogens (tertiary/aromatic N) is 3. The number of hydrogen-bond acceptors (Lipinski definition) is 3. The average molecular weight is 199 g/mol. The maximum Gasteiger partial charge on any atom is 0.130 e. The van der Waals surface area contributed by atoms with Crippen LogP contribution in [0.1, 0.15) is 18.2 Å². The van der Waals surface area contributed by atoms with Gasteiger partial charge in [0.05, 0.1) is 18.2 Å². The number of rotatable bonds is 3. The van der Waals surface area contributed by atoms with Crippen LogP contribution in [0.3, 0.4) is 0 Å². The number of hydrogen-bond donors (Lipinski definition) is 0. The Morgan fingerprint density at radius 3 is 2.80 bits per heavy atom. The van der Waals surface area contributed by atoms with Crippen LogP contribution in [-0.4, -0.2) is 18.1 Å². The van der Waals surface area contributed by atoms with Crippen molar-refractivity contribution >= 4 is 5.82 Å². The molecule has 0 spiro atoms. The summed E-state index contributed by atoms with van der Waals surface area (Å²) in [6.07, 6.45) is 5.27. The molecule has 0 saturated carbocycles. The third kappa shape index (κ3) is 2.72. The highest BCUT2D eigenvalue weighted by atomic mass is 15.2. The van der Waals surface area contributed by atoms with Gasteiger partial charge in [-0.05, 0) is 26.0 Å². The SMILES string of the molecule is C#CCN(CC)c1cc(C#N)cc(C)n1. The fourth-order valence-corrected chi connectivity index (χ4v) is 1.34. The smallest absolute Gasteiger partial charge is 0.130 e. The molecule has 0 saturated heterocycles. The maximum atomic E-state index is 8.83. The van der Waals surface area contributed by atoms with Gasteiger partial charge in [-0.15, -0.1) is 6.42 Å². The predicted octanol–water partition coefficient (Wildman–Crippen LogP) is 1.72. The first-order chi connectivity index (χ1) is 7.21.